The van der Waals surface area contributed by atoms with Gasteiger partial charge in [-0.1, -0.05) is 13.8 Å². The molecule has 0 rings (SSSR count). The van der Waals surface area contributed by atoms with Crippen molar-refractivity contribution >= 4 is 5.97 Å². The van der Waals surface area contributed by atoms with E-state index in [1.807, 2.05) is 13.8 Å². The number of aliphatic hydroxyl groups excluding tert-OH is 1. The Bertz CT molecular complexity index is 125. The van der Waals surface area contributed by atoms with E-state index in [-0.39, 0.29) is 19.1 Å². The number of rotatable bonds is 5. The molecular weight excluding hydrogens is 146 g/mol. The van der Waals surface area contributed by atoms with Gasteiger partial charge in [-0.15, -0.1) is 0 Å². The van der Waals surface area contributed by atoms with Crippen LogP contribution in [-0.2, 0) is 4.79 Å². The SMILES string of the molecule is CC(C)NC(CCO)C(=O)O. The van der Waals surface area contributed by atoms with Crippen LogP contribution in [0, 0.1) is 0 Å². The molecule has 0 aliphatic rings. The lowest BCUT2D eigenvalue weighted by molar-refractivity contribution is -0.140. The largest absolute Gasteiger partial charge is 0.480 e. The predicted molar refractivity (Wildman–Crippen MR) is 41.4 cm³/mol. The Balaban J connectivity index is 3.79. The van der Waals surface area contributed by atoms with Gasteiger partial charge >= 0.3 is 5.97 Å². The third-order valence-corrected chi connectivity index (χ3v) is 1.25. The van der Waals surface area contributed by atoms with Gasteiger partial charge in [-0.05, 0) is 6.42 Å². The third-order valence-electron chi connectivity index (χ3n) is 1.25. The lowest BCUT2D eigenvalue weighted by Crippen LogP contribution is -2.41. The molecule has 0 aromatic rings. The highest BCUT2D eigenvalue weighted by atomic mass is 16.4. The van der Waals surface area contributed by atoms with Gasteiger partial charge in [0.05, 0.1) is 0 Å². The molecule has 4 heteroatoms. The standard InChI is InChI=1S/C7H15NO3/c1-5(2)8-6(3-4-9)7(10)11/h5-6,8-9H,3-4H2,1-2H3,(H,10,11). The zero-order valence-electron chi connectivity index (χ0n) is 6.87. The lowest BCUT2D eigenvalue weighted by Gasteiger charge is -2.15. The number of nitrogens with one attached hydrogen (secondary N) is 1. The molecule has 0 radical (unpaired) electrons. The van der Waals surface area contributed by atoms with Crippen molar-refractivity contribution in [3.05, 3.63) is 0 Å². The molecule has 11 heavy (non-hydrogen) atoms. The van der Waals surface area contributed by atoms with Crippen molar-refractivity contribution in [2.24, 2.45) is 0 Å². The molecule has 1 unspecified atom stereocenters. The second-order valence-corrected chi connectivity index (χ2v) is 2.72. The van der Waals surface area contributed by atoms with E-state index in [1.165, 1.54) is 0 Å². The summed E-state index contributed by atoms with van der Waals surface area (Å²) in [5.74, 6) is -0.909. The zero-order valence-corrected chi connectivity index (χ0v) is 6.87. The minimum atomic E-state index is -0.909. The summed E-state index contributed by atoms with van der Waals surface area (Å²) in [4.78, 5) is 10.5. The molecular formula is C7H15NO3. The van der Waals surface area contributed by atoms with Crippen molar-refractivity contribution in [1.82, 2.24) is 5.32 Å². The van der Waals surface area contributed by atoms with Gasteiger partial charge in [-0.25, -0.2) is 0 Å². The zero-order chi connectivity index (χ0) is 8.85. The molecule has 0 aromatic heterocycles. The van der Waals surface area contributed by atoms with E-state index >= 15 is 0 Å². The number of carboxylic acids is 1. The van der Waals surface area contributed by atoms with Gasteiger partial charge in [-0.3, -0.25) is 4.79 Å². The molecule has 1 atom stereocenters. The van der Waals surface area contributed by atoms with Crippen molar-refractivity contribution in [2.45, 2.75) is 32.4 Å². The fourth-order valence-electron chi connectivity index (χ4n) is 0.810. The van der Waals surface area contributed by atoms with Gasteiger partial charge in [0.25, 0.3) is 0 Å². The monoisotopic (exact) mass is 161 g/mol. The van der Waals surface area contributed by atoms with E-state index in [4.69, 9.17) is 10.2 Å². The maximum Gasteiger partial charge on any atom is 0.320 e. The number of aliphatic hydroxyl groups is 1. The molecule has 0 amide bonds. The van der Waals surface area contributed by atoms with Crippen molar-refractivity contribution in [2.75, 3.05) is 6.61 Å². The highest BCUT2D eigenvalue weighted by Crippen LogP contribution is 1.93. The number of hydrogen-bond acceptors (Lipinski definition) is 3. The van der Waals surface area contributed by atoms with Gasteiger partial charge in [0, 0.05) is 12.6 Å². The number of carbonyl (C=O) groups is 1. The van der Waals surface area contributed by atoms with Gasteiger partial charge in [0.2, 0.25) is 0 Å². The van der Waals surface area contributed by atoms with Crippen LogP contribution in [0.5, 0.6) is 0 Å². The maximum atomic E-state index is 10.5. The molecule has 66 valence electrons. The quantitative estimate of drug-likeness (QED) is 0.523. The van der Waals surface area contributed by atoms with Crippen LogP contribution < -0.4 is 5.32 Å². The average molecular weight is 161 g/mol. The summed E-state index contributed by atoms with van der Waals surface area (Å²) >= 11 is 0. The Morgan fingerprint density at radius 3 is 2.36 bits per heavy atom. The minimum Gasteiger partial charge on any atom is -0.480 e. The van der Waals surface area contributed by atoms with Crippen LogP contribution in [0.1, 0.15) is 20.3 Å². The molecule has 0 aliphatic heterocycles. The second kappa shape index (κ2) is 5.09. The Labute approximate surface area is 66.2 Å². The van der Waals surface area contributed by atoms with Gasteiger partial charge in [0.1, 0.15) is 6.04 Å². The van der Waals surface area contributed by atoms with Crippen LogP contribution in [0.25, 0.3) is 0 Å². The summed E-state index contributed by atoms with van der Waals surface area (Å²) < 4.78 is 0. The molecule has 0 saturated heterocycles. The number of aliphatic carboxylic acids is 1. The first kappa shape index (κ1) is 10.4. The van der Waals surface area contributed by atoms with Crippen molar-refractivity contribution in [3.63, 3.8) is 0 Å². The van der Waals surface area contributed by atoms with E-state index in [2.05, 4.69) is 5.32 Å². The van der Waals surface area contributed by atoms with Crippen LogP contribution in [0.2, 0.25) is 0 Å². The summed E-state index contributed by atoms with van der Waals surface area (Å²) in [6.07, 6.45) is 0.257. The summed E-state index contributed by atoms with van der Waals surface area (Å²) in [7, 11) is 0. The Kier molecular flexibility index (Phi) is 4.81. The van der Waals surface area contributed by atoms with Gasteiger partial charge in [0.15, 0.2) is 0 Å². The molecule has 0 bridgehead atoms. The normalized spacial score (nSPS) is 13.5. The first-order valence-electron chi connectivity index (χ1n) is 3.67. The van der Waals surface area contributed by atoms with E-state index in [9.17, 15) is 4.79 Å². The molecule has 0 aromatic carbocycles. The Morgan fingerprint density at radius 1 is 1.55 bits per heavy atom. The van der Waals surface area contributed by atoms with E-state index < -0.39 is 12.0 Å². The van der Waals surface area contributed by atoms with Crippen molar-refractivity contribution in [1.29, 1.82) is 0 Å². The fourth-order valence-corrected chi connectivity index (χ4v) is 0.810. The van der Waals surface area contributed by atoms with E-state index in [0.717, 1.165) is 0 Å². The van der Waals surface area contributed by atoms with Crippen LogP contribution >= 0.6 is 0 Å². The van der Waals surface area contributed by atoms with Gasteiger partial charge < -0.3 is 15.5 Å². The topological polar surface area (TPSA) is 69.6 Å². The maximum absolute atomic E-state index is 10.5. The lowest BCUT2D eigenvalue weighted by atomic mass is 10.2. The summed E-state index contributed by atoms with van der Waals surface area (Å²) in [6, 6.07) is -0.498. The summed E-state index contributed by atoms with van der Waals surface area (Å²) in [6.45, 7) is 3.64. The molecule has 0 fully saturated rings. The molecule has 4 nitrogen and oxygen atoms in total. The highest BCUT2D eigenvalue weighted by molar-refractivity contribution is 5.73. The van der Waals surface area contributed by atoms with Crippen LogP contribution in [-0.4, -0.2) is 34.9 Å². The highest BCUT2D eigenvalue weighted by Gasteiger charge is 2.16. The van der Waals surface area contributed by atoms with Crippen molar-refractivity contribution in [3.8, 4) is 0 Å². The molecule has 0 aliphatic carbocycles. The summed E-state index contributed by atoms with van der Waals surface area (Å²) in [5.41, 5.74) is 0. The first-order valence-corrected chi connectivity index (χ1v) is 3.67. The molecule has 0 saturated carbocycles. The summed E-state index contributed by atoms with van der Waals surface area (Å²) in [5, 5.41) is 19.9. The second-order valence-electron chi connectivity index (χ2n) is 2.72. The fraction of sp³-hybridized carbons (Fsp3) is 0.857. The minimum absolute atomic E-state index is 0.101. The van der Waals surface area contributed by atoms with Crippen LogP contribution in [0.15, 0.2) is 0 Å². The van der Waals surface area contributed by atoms with Crippen molar-refractivity contribution < 1.29 is 15.0 Å². The number of carboxylic acid groups (broad SMARTS) is 1. The first-order chi connectivity index (χ1) is 5.07. The predicted octanol–water partition coefficient (Wildman–Crippen LogP) is -0.180. The van der Waals surface area contributed by atoms with E-state index in [1.54, 1.807) is 0 Å². The molecule has 0 heterocycles. The van der Waals surface area contributed by atoms with Crippen LogP contribution in [0.4, 0.5) is 0 Å². The Morgan fingerprint density at radius 2 is 2.09 bits per heavy atom. The van der Waals surface area contributed by atoms with Gasteiger partial charge in [-0.2, -0.15) is 0 Å². The number of hydrogen-bond donors (Lipinski definition) is 3. The van der Waals surface area contributed by atoms with E-state index in [0.29, 0.717) is 0 Å². The molecule has 0 spiro atoms. The third kappa shape index (κ3) is 4.75. The smallest absolute Gasteiger partial charge is 0.320 e. The average Bonchev–Trinajstić information content (AvgIpc) is 1.86. The Hall–Kier alpha value is -0.610. The molecule has 3 N–H and O–H groups in total. The van der Waals surface area contributed by atoms with Crippen LogP contribution in [0.3, 0.4) is 0 Å².